The van der Waals surface area contributed by atoms with Crippen molar-refractivity contribution in [2.75, 3.05) is 39.3 Å². The quantitative estimate of drug-likeness (QED) is 0.769. The minimum Gasteiger partial charge on any atom is -0.450 e. The van der Waals surface area contributed by atoms with E-state index in [1.165, 1.54) is 0 Å². The number of hydrogen-bond acceptors (Lipinski definition) is 4. The van der Waals surface area contributed by atoms with E-state index >= 15 is 0 Å². The Morgan fingerprint density at radius 1 is 1.05 bits per heavy atom. The molecule has 0 aromatic carbocycles. The van der Waals surface area contributed by atoms with Gasteiger partial charge in [0, 0.05) is 32.6 Å². The normalized spacial score (nSPS) is 15.1. The Labute approximate surface area is 112 Å². The molecule has 7 heteroatoms. The number of ether oxygens (including phenoxy) is 1. The van der Waals surface area contributed by atoms with E-state index in [0.717, 1.165) is 0 Å². The van der Waals surface area contributed by atoms with E-state index in [0.29, 0.717) is 39.2 Å². The highest BCUT2D eigenvalue weighted by atomic mass is 16.6. The van der Waals surface area contributed by atoms with Crippen molar-refractivity contribution in [2.24, 2.45) is 0 Å². The van der Waals surface area contributed by atoms with Crippen LogP contribution in [0, 0.1) is 0 Å². The fourth-order valence-corrected chi connectivity index (χ4v) is 1.76. The van der Waals surface area contributed by atoms with Gasteiger partial charge in [0.25, 0.3) is 0 Å². The Kier molecular flexibility index (Phi) is 6.11. The summed E-state index contributed by atoms with van der Waals surface area (Å²) in [6.07, 6.45) is 0.0260. The maximum atomic E-state index is 11.8. The Bertz CT molecular complexity index is 338. The monoisotopic (exact) mass is 271 g/mol. The lowest BCUT2D eigenvalue weighted by Gasteiger charge is -2.34. The first-order chi connectivity index (χ1) is 9.08. The average Bonchev–Trinajstić information content (AvgIpc) is 2.44. The van der Waals surface area contributed by atoms with Crippen LogP contribution in [0.15, 0.2) is 0 Å². The number of amides is 3. The Morgan fingerprint density at radius 3 is 2.16 bits per heavy atom. The van der Waals surface area contributed by atoms with Crippen LogP contribution in [0.3, 0.4) is 0 Å². The van der Waals surface area contributed by atoms with Gasteiger partial charge in [0.15, 0.2) is 0 Å². The second kappa shape index (κ2) is 7.60. The zero-order chi connectivity index (χ0) is 14.3. The van der Waals surface area contributed by atoms with Crippen LogP contribution in [0.2, 0.25) is 0 Å². The van der Waals surface area contributed by atoms with Gasteiger partial charge in [-0.25, -0.2) is 4.79 Å². The summed E-state index contributed by atoms with van der Waals surface area (Å²) in [6.45, 7) is 5.73. The second-order valence-electron chi connectivity index (χ2n) is 4.20. The standard InChI is InChI=1S/C12H21N3O4/c1-3-10(16)13-9-11(17)14-5-7-15(8-6-14)12(18)19-4-2/h3-9H2,1-2H3,(H,13,16). The molecule has 0 aromatic heterocycles. The molecule has 0 bridgehead atoms. The molecule has 108 valence electrons. The van der Waals surface area contributed by atoms with Crippen molar-refractivity contribution < 1.29 is 19.1 Å². The summed E-state index contributed by atoms with van der Waals surface area (Å²) in [4.78, 5) is 37.6. The van der Waals surface area contributed by atoms with E-state index in [-0.39, 0.29) is 24.5 Å². The van der Waals surface area contributed by atoms with Crippen molar-refractivity contribution in [1.29, 1.82) is 0 Å². The Morgan fingerprint density at radius 2 is 1.63 bits per heavy atom. The zero-order valence-electron chi connectivity index (χ0n) is 11.5. The van der Waals surface area contributed by atoms with Crippen LogP contribution >= 0.6 is 0 Å². The Balaban J connectivity index is 2.31. The van der Waals surface area contributed by atoms with Crippen molar-refractivity contribution in [3.8, 4) is 0 Å². The summed E-state index contributed by atoms with van der Waals surface area (Å²) in [6, 6.07) is 0. The predicted octanol–water partition coefficient (Wildman–Crippen LogP) is -0.187. The zero-order valence-corrected chi connectivity index (χ0v) is 11.5. The summed E-state index contributed by atoms with van der Waals surface area (Å²) in [5.74, 6) is -0.260. The maximum absolute atomic E-state index is 11.8. The van der Waals surface area contributed by atoms with Gasteiger partial charge in [-0.1, -0.05) is 6.92 Å². The van der Waals surface area contributed by atoms with Gasteiger partial charge in [0.2, 0.25) is 11.8 Å². The highest BCUT2D eigenvalue weighted by Crippen LogP contribution is 2.04. The first kappa shape index (κ1) is 15.3. The molecule has 1 saturated heterocycles. The van der Waals surface area contributed by atoms with Crippen molar-refractivity contribution >= 4 is 17.9 Å². The molecule has 0 atom stereocenters. The van der Waals surface area contributed by atoms with Crippen molar-refractivity contribution in [2.45, 2.75) is 20.3 Å². The molecule has 0 aromatic rings. The number of nitrogens with zero attached hydrogens (tertiary/aromatic N) is 2. The van der Waals surface area contributed by atoms with E-state index in [2.05, 4.69) is 5.32 Å². The summed E-state index contributed by atoms with van der Waals surface area (Å²) in [5, 5.41) is 2.55. The molecule has 1 fully saturated rings. The molecule has 1 aliphatic heterocycles. The molecule has 1 heterocycles. The van der Waals surface area contributed by atoms with Gasteiger partial charge < -0.3 is 19.9 Å². The number of carbonyl (C=O) groups excluding carboxylic acids is 3. The average molecular weight is 271 g/mol. The van der Waals surface area contributed by atoms with Crippen LogP contribution in [0.5, 0.6) is 0 Å². The van der Waals surface area contributed by atoms with Gasteiger partial charge in [-0.05, 0) is 6.92 Å². The molecule has 7 nitrogen and oxygen atoms in total. The fraction of sp³-hybridized carbons (Fsp3) is 0.750. The molecule has 3 amide bonds. The summed E-state index contributed by atoms with van der Waals surface area (Å²) < 4.78 is 4.90. The molecule has 0 radical (unpaired) electrons. The summed E-state index contributed by atoms with van der Waals surface area (Å²) >= 11 is 0. The van der Waals surface area contributed by atoms with Crippen LogP contribution in [0.25, 0.3) is 0 Å². The molecule has 1 rings (SSSR count). The van der Waals surface area contributed by atoms with Crippen LogP contribution in [-0.2, 0) is 14.3 Å². The highest BCUT2D eigenvalue weighted by molar-refractivity contribution is 5.84. The molecular weight excluding hydrogens is 250 g/mol. The smallest absolute Gasteiger partial charge is 0.409 e. The van der Waals surface area contributed by atoms with Crippen molar-refractivity contribution in [3.05, 3.63) is 0 Å². The largest absolute Gasteiger partial charge is 0.450 e. The van der Waals surface area contributed by atoms with Crippen LogP contribution in [0.4, 0.5) is 4.79 Å². The third-order valence-electron chi connectivity index (χ3n) is 2.92. The van der Waals surface area contributed by atoms with Gasteiger partial charge in [0.1, 0.15) is 0 Å². The van der Waals surface area contributed by atoms with Crippen LogP contribution in [-0.4, -0.2) is 67.0 Å². The third kappa shape index (κ3) is 4.76. The lowest BCUT2D eigenvalue weighted by molar-refractivity contribution is -0.134. The number of rotatable bonds is 4. The van der Waals surface area contributed by atoms with E-state index in [1.54, 1.807) is 23.6 Å². The summed E-state index contributed by atoms with van der Waals surface area (Å²) in [7, 11) is 0. The number of hydrogen-bond donors (Lipinski definition) is 1. The third-order valence-corrected chi connectivity index (χ3v) is 2.92. The minimum atomic E-state index is -0.339. The van der Waals surface area contributed by atoms with Crippen molar-refractivity contribution in [1.82, 2.24) is 15.1 Å². The van der Waals surface area contributed by atoms with Gasteiger partial charge in [-0.3, -0.25) is 9.59 Å². The van der Waals surface area contributed by atoms with Gasteiger partial charge >= 0.3 is 6.09 Å². The Hall–Kier alpha value is -1.79. The van der Waals surface area contributed by atoms with E-state index in [4.69, 9.17) is 4.74 Å². The molecular formula is C12H21N3O4. The van der Waals surface area contributed by atoms with Gasteiger partial charge in [-0.15, -0.1) is 0 Å². The van der Waals surface area contributed by atoms with Crippen LogP contribution in [0.1, 0.15) is 20.3 Å². The maximum Gasteiger partial charge on any atom is 0.409 e. The van der Waals surface area contributed by atoms with Crippen LogP contribution < -0.4 is 5.32 Å². The van der Waals surface area contributed by atoms with E-state index in [9.17, 15) is 14.4 Å². The minimum absolute atomic E-state index is 0.0199. The lowest BCUT2D eigenvalue weighted by Crippen LogP contribution is -2.52. The predicted molar refractivity (Wildman–Crippen MR) is 68.5 cm³/mol. The SMILES string of the molecule is CCOC(=O)N1CCN(C(=O)CNC(=O)CC)CC1. The van der Waals surface area contributed by atoms with Crippen molar-refractivity contribution in [3.63, 3.8) is 0 Å². The molecule has 1 N–H and O–H groups in total. The number of nitrogens with one attached hydrogen (secondary N) is 1. The molecule has 0 spiro atoms. The highest BCUT2D eigenvalue weighted by Gasteiger charge is 2.24. The topological polar surface area (TPSA) is 79.0 Å². The first-order valence-corrected chi connectivity index (χ1v) is 6.54. The molecule has 19 heavy (non-hydrogen) atoms. The molecule has 0 unspecified atom stereocenters. The molecule has 0 saturated carbocycles. The summed E-state index contributed by atoms with van der Waals surface area (Å²) in [5.41, 5.74) is 0. The molecule has 1 aliphatic rings. The van der Waals surface area contributed by atoms with Gasteiger partial charge in [-0.2, -0.15) is 0 Å². The molecule has 0 aliphatic carbocycles. The van der Waals surface area contributed by atoms with E-state index in [1.807, 2.05) is 0 Å². The van der Waals surface area contributed by atoms with Gasteiger partial charge in [0.05, 0.1) is 13.2 Å². The lowest BCUT2D eigenvalue weighted by atomic mass is 10.3. The number of piperazine rings is 1. The first-order valence-electron chi connectivity index (χ1n) is 6.54. The number of carbonyl (C=O) groups is 3. The van der Waals surface area contributed by atoms with E-state index < -0.39 is 0 Å². The second-order valence-corrected chi connectivity index (χ2v) is 4.20. The fourth-order valence-electron chi connectivity index (χ4n) is 1.76.